The summed E-state index contributed by atoms with van der Waals surface area (Å²) in [4.78, 5) is 14.3. The van der Waals surface area contributed by atoms with Gasteiger partial charge in [-0.05, 0) is 31.9 Å². The fourth-order valence-corrected chi connectivity index (χ4v) is 1.60. The van der Waals surface area contributed by atoms with Gasteiger partial charge in [0, 0.05) is 12.6 Å². The molecule has 0 radical (unpaired) electrons. The summed E-state index contributed by atoms with van der Waals surface area (Å²) in [7, 11) is 0. The molecule has 0 aliphatic rings. The van der Waals surface area contributed by atoms with Crippen LogP contribution in [0.15, 0.2) is 12.1 Å². The van der Waals surface area contributed by atoms with Crippen molar-refractivity contribution in [1.29, 1.82) is 0 Å². The Labute approximate surface area is 113 Å². The molecule has 0 fully saturated rings. The summed E-state index contributed by atoms with van der Waals surface area (Å²) in [5.74, 6) is -1.68. The van der Waals surface area contributed by atoms with Gasteiger partial charge in [-0.15, -0.1) is 0 Å². The molecule has 5 nitrogen and oxygen atoms in total. The molecule has 112 valence electrons. The number of aromatic carboxylic acids is 1. The van der Waals surface area contributed by atoms with E-state index in [0.717, 1.165) is 6.07 Å². The molecule has 20 heavy (non-hydrogen) atoms. The minimum Gasteiger partial charge on any atom is -0.478 e. The third-order valence-electron chi connectivity index (χ3n) is 2.59. The molecule has 0 amide bonds. The van der Waals surface area contributed by atoms with Gasteiger partial charge in [0.15, 0.2) is 0 Å². The van der Waals surface area contributed by atoms with Gasteiger partial charge in [0.05, 0.1) is 0 Å². The van der Waals surface area contributed by atoms with Crippen molar-refractivity contribution in [2.24, 2.45) is 0 Å². The minimum absolute atomic E-state index is 0.0478. The van der Waals surface area contributed by atoms with E-state index in [2.05, 4.69) is 10.3 Å². The van der Waals surface area contributed by atoms with Crippen LogP contribution in [0.4, 0.5) is 19.0 Å². The minimum atomic E-state index is -4.64. The number of nitrogens with one attached hydrogen (secondary N) is 1. The van der Waals surface area contributed by atoms with Crippen LogP contribution in [0.5, 0.6) is 0 Å². The van der Waals surface area contributed by atoms with Gasteiger partial charge in [0.25, 0.3) is 0 Å². The van der Waals surface area contributed by atoms with Crippen molar-refractivity contribution in [3.63, 3.8) is 0 Å². The Hall–Kier alpha value is -1.83. The fraction of sp³-hybridized carbons (Fsp3) is 0.500. The Kier molecular flexibility index (Phi) is 5.32. The number of aliphatic hydroxyl groups excluding tert-OH is 1. The Morgan fingerprint density at radius 3 is 2.60 bits per heavy atom. The van der Waals surface area contributed by atoms with E-state index >= 15 is 0 Å². The van der Waals surface area contributed by atoms with Crippen molar-refractivity contribution in [2.45, 2.75) is 32.0 Å². The average molecular weight is 292 g/mol. The van der Waals surface area contributed by atoms with Crippen molar-refractivity contribution in [3.8, 4) is 0 Å². The number of pyridine rings is 1. The molecular formula is C12H15F3N2O3. The van der Waals surface area contributed by atoms with Gasteiger partial charge in [0.1, 0.15) is 17.1 Å². The molecule has 0 saturated heterocycles. The summed E-state index contributed by atoms with van der Waals surface area (Å²) < 4.78 is 37.7. The summed E-state index contributed by atoms with van der Waals surface area (Å²) in [6, 6.07) is 1.20. The Bertz CT molecular complexity index is 478. The Morgan fingerprint density at radius 1 is 1.45 bits per heavy atom. The van der Waals surface area contributed by atoms with Crippen molar-refractivity contribution in [3.05, 3.63) is 23.4 Å². The van der Waals surface area contributed by atoms with Crippen LogP contribution < -0.4 is 5.32 Å². The molecule has 0 saturated carbocycles. The van der Waals surface area contributed by atoms with Crippen LogP contribution in [-0.2, 0) is 6.18 Å². The number of rotatable bonds is 6. The molecule has 0 bridgehead atoms. The van der Waals surface area contributed by atoms with E-state index in [0.29, 0.717) is 18.9 Å². The third-order valence-corrected chi connectivity index (χ3v) is 2.59. The number of alkyl halides is 3. The second-order valence-electron chi connectivity index (χ2n) is 4.31. The van der Waals surface area contributed by atoms with Crippen LogP contribution in [-0.4, -0.2) is 33.8 Å². The number of aromatic nitrogens is 1. The zero-order valence-corrected chi connectivity index (χ0v) is 10.7. The number of carboxylic acid groups (broad SMARTS) is 1. The molecule has 1 unspecified atom stereocenters. The Morgan fingerprint density at radius 2 is 2.10 bits per heavy atom. The predicted octanol–water partition coefficient (Wildman–Crippen LogP) is 2.37. The third kappa shape index (κ3) is 4.37. The zero-order chi connectivity index (χ0) is 15.3. The second kappa shape index (κ2) is 6.56. The monoisotopic (exact) mass is 292 g/mol. The first-order chi connectivity index (χ1) is 9.25. The molecule has 1 aromatic rings. The van der Waals surface area contributed by atoms with Crippen molar-refractivity contribution in [1.82, 2.24) is 4.98 Å². The van der Waals surface area contributed by atoms with E-state index in [1.54, 1.807) is 6.92 Å². The van der Waals surface area contributed by atoms with Crippen LogP contribution in [0, 0.1) is 0 Å². The van der Waals surface area contributed by atoms with Gasteiger partial charge in [-0.2, -0.15) is 13.2 Å². The lowest BCUT2D eigenvalue weighted by Crippen LogP contribution is -2.20. The first-order valence-corrected chi connectivity index (χ1v) is 5.94. The molecule has 0 aliphatic heterocycles. The second-order valence-corrected chi connectivity index (χ2v) is 4.31. The fourth-order valence-electron chi connectivity index (χ4n) is 1.60. The number of nitrogens with zero attached hydrogens (tertiary/aromatic N) is 1. The molecule has 0 aliphatic carbocycles. The standard InChI is InChI=1S/C12H15F3N2O3/c1-7(3-2-6-18)16-10-8(11(19)20)4-5-9(17-10)12(13,14)15/h4-5,7,18H,2-3,6H2,1H3,(H,16,17)(H,19,20). The molecule has 8 heteroatoms. The van der Waals surface area contributed by atoms with Gasteiger partial charge in [-0.25, -0.2) is 9.78 Å². The highest BCUT2D eigenvalue weighted by Crippen LogP contribution is 2.29. The van der Waals surface area contributed by atoms with E-state index in [1.807, 2.05) is 0 Å². The first kappa shape index (κ1) is 16.2. The van der Waals surface area contributed by atoms with E-state index < -0.39 is 17.8 Å². The van der Waals surface area contributed by atoms with Crippen molar-refractivity contribution < 1.29 is 28.2 Å². The van der Waals surface area contributed by atoms with Gasteiger partial charge in [0.2, 0.25) is 0 Å². The SMILES string of the molecule is CC(CCCO)Nc1nc(C(F)(F)F)ccc1C(=O)O. The summed E-state index contributed by atoms with van der Waals surface area (Å²) >= 11 is 0. The van der Waals surface area contributed by atoms with Gasteiger partial charge in [-0.1, -0.05) is 0 Å². The lowest BCUT2D eigenvalue weighted by atomic mass is 10.1. The largest absolute Gasteiger partial charge is 0.478 e. The molecule has 3 N–H and O–H groups in total. The molecule has 1 heterocycles. The van der Waals surface area contributed by atoms with Crippen LogP contribution in [0.2, 0.25) is 0 Å². The topological polar surface area (TPSA) is 82.5 Å². The number of carboxylic acids is 1. The smallest absolute Gasteiger partial charge is 0.433 e. The lowest BCUT2D eigenvalue weighted by Gasteiger charge is -2.17. The van der Waals surface area contributed by atoms with Gasteiger partial charge >= 0.3 is 12.1 Å². The maximum Gasteiger partial charge on any atom is 0.433 e. The summed E-state index contributed by atoms with van der Waals surface area (Å²) in [6.07, 6.45) is -3.70. The number of anilines is 1. The highest BCUT2D eigenvalue weighted by atomic mass is 19.4. The van der Waals surface area contributed by atoms with Crippen LogP contribution >= 0.6 is 0 Å². The molecule has 1 atom stereocenters. The maximum atomic E-state index is 12.6. The summed E-state index contributed by atoms with van der Waals surface area (Å²) in [5.41, 5.74) is -1.48. The normalized spacial score (nSPS) is 13.1. The predicted molar refractivity (Wildman–Crippen MR) is 65.6 cm³/mol. The van der Waals surface area contributed by atoms with Crippen LogP contribution in [0.25, 0.3) is 0 Å². The van der Waals surface area contributed by atoms with Crippen molar-refractivity contribution >= 4 is 11.8 Å². The molecule has 1 aromatic heterocycles. The average Bonchev–Trinajstić information content (AvgIpc) is 2.34. The van der Waals surface area contributed by atoms with E-state index in [9.17, 15) is 18.0 Å². The molecular weight excluding hydrogens is 277 g/mol. The Balaban J connectivity index is 3.03. The molecule has 0 aromatic carbocycles. The highest BCUT2D eigenvalue weighted by Gasteiger charge is 2.33. The number of hydrogen-bond donors (Lipinski definition) is 3. The van der Waals surface area contributed by atoms with E-state index in [4.69, 9.17) is 10.2 Å². The maximum absolute atomic E-state index is 12.6. The van der Waals surface area contributed by atoms with E-state index in [-0.39, 0.29) is 24.0 Å². The van der Waals surface area contributed by atoms with Gasteiger partial charge in [-0.3, -0.25) is 0 Å². The number of aliphatic hydroxyl groups is 1. The molecule has 1 rings (SSSR count). The summed E-state index contributed by atoms with van der Waals surface area (Å²) in [6.45, 7) is 1.62. The van der Waals surface area contributed by atoms with E-state index in [1.165, 1.54) is 0 Å². The first-order valence-electron chi connectivity index (χ1n) is 5.94. The number of hydrogen-bond acceptors (Lipinski definition) is 4. The van der Waals surface area contributed by atoms with Crippen LogP contribution in [0.3, 0.4) is 0 Å². The van der Waals surface area contributed by atoms with Crippen LogP contribution in [0.1, 0.15) is 35.8 Å². The lowest BCUT2D eigenvalue weighted by molar-refractivity contribution is -0.141. The highest BCUT2D eigenvalue weighted by molar-refractivity contribution is 5.93. The zero-order valence-electron chi connectivity index (χ0n) is 10.7. The van der Waals surface area contributed by atoms with Crippen molar-refractivity contribution in [2.75, 3.05) is 11.9 Å². The quantitative estimate of drug-likeness (QED) is 0.750. The number of halogens is 3. The number of carbonyl (C=O) groups is 1. The molecule has 0 spiro atoms. The summed E-state index contributed by atoms with van der Waals surface area (Å²) in [5, 5.41) is 20.3. The van der Waals surface area contributed by atoms with Gasteiger partial charge < -0.3 is 15.5 Å².